The van der Waals surface area contributed by atoms with Crippen LogP contribution in [0.25, 0.3) is 0 Å². The van der Waals surface area contributed by atoms with Gasteiger partial charge in [0.2, 0.25) is 0 Å². The SMILES string of the molecule is Nc1cccc(C2CC2)c1B(O)O. The van der Waals surface area contributed by atoms with Gasteiger partial charge in [0.15, 0.2) is 0 Å². The van der Waals surface area contributed by atoms with Crippen LogP contribution in [-0.4, -0.2) is 17.2 Å². The predicted molar refractivity (Wildman–Crippen MR) is 52.7 cm³/mol. The number of benzene rings is 1. The summed E-state index contributed by atoms with van der Waals surface area (Å²) in [6.45, 7) is 0. The number of hydrogen-bond acceptors (Lipinski definition) is 3. The topological polar surface area (TPSA) is 66.5 Å². The summed E-state index contributed by atoms with van der Waals surface area (Å²) in [7, 11) is -1.45. The minimum atomic E-state index is -1.45. The Morgan fingerprint density at radius 1 is 1.31 bits per heavy atom. The lowest BCUT2D eigenvalue weighted by atomic mass is 9.74. The quantitative estimate of drug-likeness (QED) is 0.433. The van der Waals surface area contributed by atoms with Crippen molar-refractivity contribution >= 4 is 18.3 Å². The molecule has 1 fully saturated rings. The molecule has 0 aromatic heterocycles. The van der Waals surface area contributed by atoms with Crippen molar-refractivity contribution in [2.45, 2.75) is 18.8 Å². The van der Waals surface area contributed by atoms with Crippen LogP contribution >= 0.6 is 0 Å². The highest BCUT2D eigenvalue weighted by Crippen LogP contribution is 2.39. The third-order valence-electron chi connectivity index (χ3n) is 2.45. The van der Waals surface area contributed by atoms with Gasteiger partial charge in [-0.2, -0.15) is 0 Å². The highest BCUT2D eigenvalue weighted by molar-refractivity contribution is 6.61. The number of nitrogen functional groups attached to an aromatic ring is 1. The van der Waals surface area contributed by atoms with Gasteiger partial charge in [-0.05, 0) is 30.4 Å². The van der Waals surface area contributed by atoms with E-state index in [1.807, 2.05) is 12.1 Å². The van der Waals surface area contributed by atoms with Crippen LogP contribution in [0.5, 0.6) is 0 Å². The average Bonchev–Trinajstić information content (AvgIpc) is 2.85. The average molecular weight is 177 g/mol. The first-order chi connectivity index (χ1) is 6.20. The van der Waals surface area contributed by atoms with Gasteiger partial charge in [-0.3, -0.25) is 0 Å². The van der Waals surface area contributed by atoms with Crippen LogP contribution < -0.4 is 11.2 Å². The molecule has 0 radical (unpaired) electrons. The van der Waals surface area contributed by atoms with E-state index in [9.17, 15) is 0 Å². The second-order valence-electron chi connectivity index (χ2n) is 3.50. The molecular formula is C9H12BNO2. The Kier molecular flexibility index (Phi) is 2.02. The molecule has 3 nitrogen and oxygen atoms in total. The zero-order valence-corrected chi connectivity index (χ0v) is 7.27. The minimum Gasteiger partial charge on any atom is -0.423 e. The molecular weight excluding hydrogens is 165 g/mol. The predicted octanol–water partition coefficient (Wildman–Crippen LogP) is -0.174. The van der Waals surface area contributed by atoms with E-state index < -0.39 is 7.12 Å². The maximum atomic E-state index is 9.14. The second kappa shape index (κ2) is 3.05. The van der Waals surface area contributed by atoms with E-state index in [-0.39, 0.29) is 0 Å². The van der Waals surface area contributed by atoms with Crippen LogP contribution in [0.2, 0.25) is 0 Å². The summed E-state index contributed by atoms with van der Waals surface area (Å²) >= 11 is 0. The first-order valence-corrected chi connectivity index (χ1v) is 4.44. The summed E-state index contributed by atoms with van der Waals surface area (Å²) in [5, 5.41) is 18.3. The fraction of sp³-hybridized carbons (Fsp3) is 0.333. The van der Waals surface area contributed by atoms with Crippen molar-refractivity contribution in [1.82, 2.24) is 0 Å². The van der Waals surface area contributed by atoms with Gasteiger partial charge in [0.1, 0.15) is 0 Å². The number of rotatable bonds is 2. The third-order valence-corrected chi connectivity index (χ3v) is 2.45. The van der Waals surface area contributed by atoms with Crippen molar-refractivity contribution in [3.63, 3.8) is 0 Å². The molecule has 4 N–H and O–H groups in total. The molecule has 1 aliphatic carbocycles. The van der Waals surface area contributed by atoms with E-state index in [1.54, 1.807) is 6.07 Å². The fourth-order valence-corrected chi connectivity index (χ4v) is 1.65. The van der Waals surface area contributed by atoms with Crippen molar-refractivity contribution in [2.75, 3.05) is 5.73 Å². The van der Waals surface area contributed by atoms with Gasteiger partial charge < -0.3 is 15.8 Å². The van der Waals surface area contributed by atoms with Gasteiger partial charge in [-0.25, -0.2) is 0 Å². The standard InChI is InChI=1S/C9H12BNO2/c11-8-3-1-2-7(6-4-5-6)9(8)10(12)13/h1-3,6,12-13H,4-5,11H2. The summed E-state index contributed by atoms with van der Waals surface area (Å²) in [6, 6.07) is 5.47. The molecule has 0 amide bonds. The first-order valence-electron chi connectivity index (χ1n) is 4.44. The first kappa shape index (κ1) is 8.60. The molecule has 13 heavy (non-hydrogen) atoms. The lowest BCUT2D eigenvalue weighted by molar-refractivity contribution is 0.425. The molecule has 1 aromatic carbocycles. The van der Waals surface area contributed by atoms with Crippen molar-refractivity contribution in [1.29, 1.82) is 0 Å². The Morgan fingerprint density at radius 3 is 2.54 bits per heavy atom. The molecule has 0 bridgehead atoms. The summed E-state index contributed by atoms with van der Waals surface area (Å²) < 4.78 is 0. The van der Waals surface area contributed by atoms with Gasteiger partial charge in [0, 0.05) is 11.2 Å². The van der Waals surface area contributed by atoms with Crippen molar-refractivity contribution in [3.05, 3.63) is 23.8 Å². The Balaban J connectivity index is 2.47. The van der Waals surface area contributed by atoms with Gasteiger partial charge >= 0.3 is 7.12 Å². The summed E-state index contributed by atoms with van der Waals surface area (Å²) in [5.74, 6) is 0.486. The second-order valence-corrected chi connectivity index (χ2v) is 3.50. The van der Waals surface area contributed by atoms with Crippen LogP contribution in [0.4, 0.5) is 5.69 Å². The Labute approximate surface area is 77.3 Å². The smallest absolute Gasteiger partial charge is 0.423 e. The molecule has 0 saturated heterocycles. The van der Waals surface area contributed by atoms with Crippen molar-refractivity contribution in [3.8, 4) is 0 Å². The third kappa shape index (κ3) is 1.55. The molecule has 1 aromatic rings. The molecule has 68 valence electrons. The molecule has 0 aliphatic heterocycles. The zero-order valence-electron chi connectivity index (χ0n) is 7.27. The summed E-state index contributed by atoms with van der Waals surface area (Å²) in [5.41, 5.74) is 7.63. The molecule has 1 saturated carbocycles. The summed E-state index contributed by atoms with van der Waals surface area (Å²) in [4.78, 5) is 0. The van der Waals surface area contributed by atoms with Crippen LogP contribution in [0.3, 0.4) is 0 Å². The zero-order chi connectivity index (χ0) is 9.42. The number of nitrogens with two attached hydrogens (primary N) is 1. The van der Waals surface area contributed by atoms with E-state index in [2.05, 4.69) is 0 Å². The highest BCUT2D eigenvalue weighted by atomic mass is 16.4. The number of anilines is 1. The van der Waals surface area contributed by atoms with Crippen LogP contribution in [0.15, 0.2) is 18.2 Å². The Hall–Kier alpha value is -0.995. The fourth-order valence-electron chi connectivity index (χ4n) is 1.65. The molecule has 0 unspecified atom stereocenters. The molecule has 0 atom stereocenters. The van der Waals surface area contributed by atoms with Crippen molar-refractivity contribution in [2.24, 2.45) is 0 Å². The van der Waals surface area contributed by atoms with E-state index in [0.29, 0.717) is 17.1 Å². The van der Waals surface area contributed by atoms with Gasteiger partial charge in [0.05, 0.1) is 0 Å². The van der Waals surface area contributed by atoms with Crippen LogP contribution in [0.1, 0.15) is 24.3 Å². The van der Waals surface area contributed by atoms with E-state index >= 15 is 0 Å². The van der Waals surface area contributed by atoms with Crippen LogP contribution in [0, 0.1) is 0 Å². The lowest BCUT2D eigenvalue weighted by Gasteiger charge is -2.10. The highest BCUT2D eigenvalue weighted by Gasteiger charge is 2.30. The molecule has 4 heteroatoms. The maximum absolute atomic E-state index is 9.14. The maximum Gasteiger partial charge on any atom is 0.490 e. The van der Waals surface area contributed by atoms with Gasteiger partial charge in [-0.1, -0.05) is 12.1 Å². The van der Waals surface area contributed by atoms with Gasteiger partial charge in [-0.15, -0.1) is 0 Å². The number of hydrogen-bond donors (Lipinski definition) is 3. The Morgan fingerprint density at radius 2 is 2.00 bits per heavy atom. The molecule has 1 aliphatic rings. The van der Waals surface area contributed by atoms with Crippen LogP contribution in [-0.2, 0) is 0 Å². The van der Waals surface area contributed by atoms with E-state index in [1.165, 1.54) is 0 Å². The van der Waals surface area contributed by atoms with Gasteiger partial charge in [0.25, 0.3) is 0 Å². The molecule has 0 spiro atoms. The minimum absolute atomic E-state index is 0.472. The lowest BCUT2D eigenvalue weighted by Crippen LogP contribution is -2.35. The normalized spacial score (nSPS) is 15.8. The van der Waals surface area contributed by atoms with Crippen molar-refractivity contribution < 1.29 is 10.0 Å². The van der Waals surface area contributed by atoms with E-state index in [4.69, 9.17) is 15.8 Å². The molecule has 2 rings (SSSR count). The monoisotopic (exact) mass is 177 g/mol. The summed E-state index contributed by atoms with van der Waals surface area (Å²) in [6.07, 6.45) is 2.26. The Bertz CT molecular complexity index is 323. The molecule has 0 heterocycles. The largest absolute Gasteiger partial charge is 0.490 e. The van der Waals surface area contributed by atoms with E-state index in [0.717, 1.165) is 18.4 Å².